The molecule has 0 aliphatic carbocycles. The van der Waals surface area contributed by atoms with Gasteiger partial charge in [0.2, 0.25) is 5.88 Å². The lowest BCUT2D eigenvalue weighted by Crippen LogP contribution is -2.13. The molecular weight excluding hydrogens is 154 g/mol. The number of methoxy groups -OCH3 is 1. The zero-order chi connectivity index (χ0) is 8.81. The lowest BCUT2D eigenvalue weighted by atomic mass is 10.4. The highest BCUT2D eigenvalue weighted by Crippen LogP contribution is 2.02. The van der Waals surface area contributed by atoms with Crippen LogP contribution in [0.4, 0.5) is 0 Å². The van der Waals surface area contributed by atoms with Crippen molar-refractivity contribution in [3.63, 3.8) is 0 Å². The molecule has 66 valence electrons. The van der Waals surface area contributed by atoms with E-state index in [1.54, 1.807) is 19.5 Å². The Balaban J connectivity index is 2.60. The zero-order valence-electron chi connectivity index (χ0n) is 7.37. The molecule has 1 aromatic rings. The summed E-state index contributed by atoms with van der Waals surface area (Å²) < 4.78 is 4.93. The third kappa shape index (κ3) is 2.47. The van der Waals surface area contributed by atoms with Crippen LogP contribution in [-0.2, 0) is 6.54 Å². The fourth-order valence-electron chi connectivity index (χ4n) is 0.823. The zero-order valence-corrected chi connectivity index (χ0v) is 7.37. The van der Waals surface area contributed by atoms with Crippen molar-refractivity contribution in [1.29, 1.82) is 0 Å². The van der Waals surface area contributed by atoms with Crippen LogP contribution in [0.2, 0.25) is 0 Å². The molecule has 1 N–H and O–H groups in total. The van der Waals surface area contributed by atoms with Crippen molar-refractivity contribution in [3.05, 3.63) is 18.1 Å². The van der Waals surface area contributed by atoms with Crippen molar-refractivity contribution in [3.8, 4) is 5.88 Å². The van der Waals surface area contributed by atoms with E-state index in [1.807, 2.05) is 6.92 Å². The molecule has 0 aliphatic rings. The van der Waals surface area contributed by atoms with E-state index in [2.05, 4.69) is 15.3 Å². The summed E-state index contributed by atoms with van der Waals surface area (Å²) in [5.41, 5.74) is 0.899. The van der Waals surface area contributed by atoms with Crippen LogP contribution in [0.5, 0.6) is 5.88 Å². The Morgan fingerprint density at radius 1 is 1.50 bits per heavy atom. The lowest BCUT2D eigenvalue weighted by molar-refractivity contribution is 0.393. The average molecular weight is 167 g/mol. The van der Waals surface area contributed by atoms with Crippen molar-refractivity contribution in [2.75, 3.05) is 13.7 Å². The second-order valence-corrected chi connectivity index (χ2v) is 2.33. The van der Waals surface area contributed by atoms with Gasteiger partial charge in [-0.25, -0.2) is 4.98 Å². The van der Waals surface area contributed by atoms with Gasteiger partial charge in [-0.2, -0.15) is 0 Å². The fraction of sp³-hybridized carbons (Fsp3) is 0.500. The minimum absolute atomic E-state index is 0.561. The highest BCUT2D eigenvalue weighted by Gasteiger charge is 1.96. The van der Waals surface area contributed by atoms with Gasteiger partial charge in [-0.15, -0.1) is 0 Å². The summed E-state index contributed by atoms with van der Waals surface area (Å²) in [7, 11) is 1.58. The van der Waals surface area contributed by atoms with Crippen molar-refractivity contribution in [2.45, 2.75) is 13.5 Å². The number of hydrogen-bond donors (Lipinski definition) is 1. The maximum atomic E-state index is 4.93. The number of rotatable bonds is 4. The molecule has 4 nitrogen and oxygen atoms in total. The van der Waals surface area contributed by atoms with Crippen LogP contribution in [0.3, 0.4) is 0 Å². The van der Waals surface area contributed by atoms with Crippen LogP contribution >= 0.6 is 0 Å². The first-order valence-electron chi connectivity index (χ1n) is 3.92. The molecule has 4 heteroatoms. The highest BCUT2D eigenvalue weighted by molar-refractivity contribution is 5.07. The predicted molar refractivity (Wildman–Crippen MR) is 46.0 cm³/mol. The molecule has 0 fully saturated rings. The van der Waals surface area contributed by atoms with E-state index in [-0.39, 0.29) is 0 Å². The summed E-state index contributed by atoms with van der Waals surface area (Å²) in [5.74, 6) is 0.561. The van der Waals surface area contributed by atoms with Gasteiger partial charge in [0.05, 0.1) is 19.0 Å². The van der Waals surface area contributed by atoms with E-state index in [1.165, 1.54) is 0 Å². The van der Waals surface area contributed by atoms with Gasteiger partial charge in [0.25, 0.3) is 0 Å². The molecule has 0 aromatic carbocycles. The second kappa shape index (κ2) is 4.66. The van der Waals surface area contributed by atoms with Crippen LogP contribution in [0.1, 0.15) is 12.6 Å². The van der Waals surface area contributed by atoms with Gasteiger partial charge in [-0.1, -0.05) is 6.92 Å². The molecule has 1 aromatic heterocycles. The SMILES string of the molecule is CCNCc1cncc(OC)n1. The van der Waals surface area contributed by atoms with Gasteiger partial charge in [-0.05, 0) is 6.54 Å². The third-order valence-corrected chi connectivity index (χ3v) is 1.43. The Kier molecular flexibility index (Phi) is 3.47. The fourth-order valence-corrected chi connectivity index (χ4v) is 0.823. The van der Waals surface area contributed by atoms with E-state index < -0.39 is 0 Å². The molecule has 12 heavy (non-hydrogen) atoms. The number of nitrogens with one attached hydrogen (secondary N) is 1. The molecule has 0 saturated carbocycles. The van der Waals surface area contributed by atoms with Gasteiger partial charge in [0.1, 0.15) is 0 Å². The summed E-state index contributed by atoms with van der Waals surface area (Å²) in [6.07, 6.45) is 3.32. The Morgan fingerprint density at radius 3 is 3.00 bits per heavy atom. The summed E-state index contributed by atoms with van der Waals surface area (Å²) in [6, 6.07) is 0. The molecule has 0 spiro atoms. The van der Waals surface area contributed by atoms with Crippen molar-refractivity contribution in [1.82, 2.24) is 15.3 Å². The standard InChI is InChI=1S/C8H13N3O/c1-3-9-4-7-5-10-6-8(11-7)12-2/h5-6,9H,3-4H2,1-2H3. The third-order valence-electron chi connectivity index (χ3n) is 1.43. The smallest absolute Gasteiger partial charge is 0.232 e. The van der Waals surface area contributed by atoms with Gasteiger partial charge in [-0.3, -0.25) is 4.98 Å². The van der Waals surface area contributed by atoms with E-state index in [0.29, 0.717) is 5.88 Å². The maximum Gasteiger partial charge on any atom is 0.232 e. The van der Waals surface area contributed by atoms with Crippen LogP contribution in [-0.4, -0.2) is 23.6 Å². The van der Waals surface area contributed by atoms with E-state index in [0.717, 1.165) is 18.8 Å². The topological polar surface area (TPSA) is 47.0 Å². The predicted octanol–water partition coefficient (Wildman–Crippen LogP) is 0.595. The first kappa shape index (κ1) is 8.93. The van der Waals surface area contributed by atoms with E-state index in [9.17, 15) is 0 Å². The largest absolute Gasteiger partial charge is 0.480 e. The normalized spacial score (nSPS) is 9.83. The molecule has 0 unspecified atom stereocenters. The number of ether oxygens (including phenoxy) is 1. The van der Waals surface area contributed by atoms with Crippen LogP contribution in [0.15, 0.2) is 12.4 Å². The Hall–Kier alpha value is -1.16. The summed E-state index contributed by atoms with van der Waals surface area (Å²) in [5, 5.41) is 3.16. The lowest BCUT2D eigenvalue weighted by Gasteiger charge is -2.02. The molecule has 0 saturated heterocycles. The summed E-state index contributed by atoms with van der Waals surface area (Å²) >= 11 is 0. The van der Waals surface area contributed by atoms with E-state index in [4.69, 9.17) is 4.74 Å². The van der Waals surface area contributed by atoms with Crippen molar-refractivity contribution < 1.29 is 4.74 Å². The second-order valence-electron chi connectivity index (χ2n) is 2.33. The van der Waals surface area contributed by atoms with Crippen molar-refractivity contribution >= 4 is 0 Å². The summed E-state index contributed by atoms with van der Waals surface area (Å²) in [4.78, 5) is 8.16. The number of hydrogen-bond acceptors (Lipinski definition) is 4. The maximum absolute atomic E-state index is 4.93. The molecule has 0 bridgehead atoms. The molecule has 1 rings (SSSR count). The first-order chi connectivity index (χ1) is 5.86. The van der Waals surface area contributed by atoms with Gasteiger partial charge >= 0.3 is 0 Å². The molecule has 0 aliphatic heterocycles. The molecular formula is C8H13N3O. The van der Waals surface area contributed by atoms with Crippen LogP contribution < -0.4 is 10.1 Å². The van der Waals surface area contributed by atoms with Crippen LogP contribution in [0.25, 0.3) is 0 Å². The minimum atomic E-state index is 0.561. The number of nitrogens with zero attached hydrogens (tertiary/aromatic N) is 2. The average Bonchev–Trinajstić information content (AvgIpc) is 2.15. The molecule has 1 heterocycles. The van der Waals surface area contributed by atoms with Gasteiger partial charge < -0.3 is 10.1 Å². The Labute approximate surface area is 72.0 Å². The van der Waals surface area contributed by atoms with Gasteiger partial charge in [0.15, 0.2) is 0 Å². The molecule has 0 radical (unpaired) electrons. The van der Waals surface area contributed by atoms with Crippen LogP contribution in [0, 0.1) is 0 Å². The Morgan fingerprint density at radius 2 is 2.33 bits per heavy atom. The number of aromatic nitrogens is 2. The summed E-state index contributed by atoms with van der Waals surface area (Å²) in [6.45, 7) is 3.72. The highest BCUT2D eigenvalue weighted by atomic mass is 16.5. The van der Waals surface area contributed by atoms with E-state index >= 15 is 0 Å². The minimum Gasteiger partial charge on any atom is -0.480 e. The quantitative estimate of drug-likeness (QED) is 0.713. The first-order valence-corrected chi connectivity index (χ1v) is 3.92. The Bertz CT molecular complexity index is 239. The monoisotopic (exact) mass is 167 g/mol. The molecule has 0 amide bonds. The van der Waals surface area contributed by atoms with Crippen molar-refractivity contribution in [2.24, 2.45) is 0 Å². The molecule has 0 atom stereocenters. The van der Waals surface area contributed by atoms with Gasteiger partial charge in [0, 0.05) is 12.7 Å².